The number of likely N-dealkylation sites (N-methyl/N-ethyl adjacent to an activating group) is 1. The van der Waals surface area contributed by atoms with Gasteiger partial charge < -0.3 is 14.7 Å². The van der Waals surface area contributed by atoms with Gasteiger partial charge in [-0.05, 0) is 27.8 Å². The topological polar surface area (TPSA) is 53.0 Å². The molecular formula is C16H34N2O3. The molecule has 0 aliphatic carbocycles. The minimum atomic E-state index is -0.392. The second kappa shape index (κ2) is 8.71. The molecule has 5 nitrogen and oxygen atoms in total. The zero-order valence-corrected chi connectivity index (χ0v) is 14.9. The van der Waals surface area contributed by atoms with E-state index >= 15 is 0 Å². The maximum absolute atomic E-state index is 12.5. The molecule has 0 aromatic heterocycles. The Morgan fingerprint density at radius 2 is 1.57 bits per heavy atom. The lowest BCUT2D eigenvalue weighted by Gasteiger charge is -2.35. The van der Waals surface area contributed by atoms with Gasteiger partial charge in [-0.3, -0.25) is 9.69 Å². The Labute approximate surface area is 130 Å². The first-order chi connectivity index (χ1) is 9.50. The molecule has 0 spiro atoms. The predicted molar refractivity (Wildman–Crippen MR) is 86.3 cm³/mol. The summed E-state index contributed by atoms with van der Waals surface area (Å²) in [5.74, 6) is 0.136. The SMILES string of the molecule is CN(CCN(CCOCCO)C(=O)C(C)(C)C)C(C)(C)C. The van der Waals surface area contributed by atoms with Crippen LogP contribution in [0.4, 0.5) is 0 Å². The molecule has 0 atom stereocenters. The van der Waals surface area contributed by atoms with Crippen molar-refractivity contribution >= 4 is 5.91 Å². The molecule has 0 aliphatic rings. The fourth-order valence-corrected chi connectivity index (χ4v) is 1.74. The zero-order chi connectivity index (χ0) is 16.7. The van der Waals surface area contributed by atoms with Crippen molar-refractivity contribution < 1.29 is 14.6 Å². The first kappa shape index (κ1) is 20.3. The standard InChI is InChI=1S/C16H34N2O3/c1-15(2,3)14(20)18(10-12-21-13-11-19)9-8-17(7)16(4,5)6/h19H,8-13H2,1-7H3. The van der Waals surface area contributed by atoms with Gasteiger partial charge in [-0.15, -0.1) is 0 Å². The molecule has 0 heterocycles. The predicted octanol–water partition coefficient (Wildman–Crippen LogP) is 1.60. The molecule has 1 amide bonds. The number of nitrogens with zero attached hydrogens (tertiary/aromatic N) is 2. The molecule has 0 unspecified atom stereocenters. The summed E-state index contributed by atoms with van der Waals surface area (Å²) in [6, 6.07) is 0. The van der Waals surface area contributed by atoms with Gasteiger partial charge in [0.1, 0.15) is 0 Å². The van der Waals surface area contributed by atoms with Crippen LogP contribution in [-0.2, 0) is 9.53 Å². The van der Waals surface area contributed by atoms with Crippen molar-refractivity contribution in [2.45, 2.75) is 47.1 Å². The van der Waals surface area contributed by atoms with Crippen LogP contribution in [0.15, 0.2) is 0 Å². The molecule has 0 saturated heterocycles. The average Bonchev–Trinajstić information content (AvgIpc) is 2.34. The molecule has 0 radical (unpaired) electrons. The molecule has 0 saturated carbocycles. The summed E-state index contributed by atoms with van der Waals surface area (Å²) in [4.78, 5) is 16.6. The smallest absolute Gasteiger partial charge is 0.228 e. The second-order valence-corrected chi connectivity index (χ2v) is 7.47. The van der Waals surface area contributed by atoms with E-state index in [-0.39, 0.29) is 18.1 Å². The van der Waals surface area contributed by atoms with E-state index in [1.165, 1.54) is 0 Å². The van der Waals surface area contributed by atoms with Crippen LogP contribution >= 0.6 is 0 Å². The normalized spacial score (nSPS) is 12.8. The van der Waals surface area contributed by atoms with Gasteiger partial charge in [-0.25, -0.2) is 0 Å². The molecule has 126 valence electrons. The third-order valence-corrected chi connectivity index (χ3v) is 3.52. The Morgan fingerprint density at radius 1 is 1.00 bits per heavy atom. The van der Waals surface area contributed by atoms with Gasteiger partial charge in [0, 0.05) is 30.6 Å². The maximum atomic E-state index is 12.5. The lowest BCUT2D eigenvalue weighted by molar-refractivity contribution is -0.140. The van der Waals surface area contributed by atoms with Gasteiger partial charge in [0.2, 0.25) is 5.91 Å². The summed E-state index contributed by atoms with van der Waals surface area (Å²) in [5, 5.41) is 8.72. The number of aliphatic hydroxyl groups excluding tert-OH is 1. The van der Waals surface area contributed by atoms with Gasteiger partial charge in [-0.2, -0.15) is 0 Å². The van der Waals surface area contributed by atoms with E-state index in [1.54, 1.807) is 0 Å². The number of rotatable bonds is 8. The van der Waals surface area contributed by atoms with Gasteiger partial charge in [0.25, 0.3) is 0 Å². The molecule has 0 fully saturated rings. The minimum absolute atomic E-state index is 0.0139. The van der Waals surface area contributed by atoms with Gasteiger partial charge >= 0.3 is 0 Å². The summed E-state index contributed by atoms with van der Waals surface area (Å²) in [7, 11) is 2.07. The van der Waals surface area contributed by atoms with Crippen LogP contribution in [0, 0.1) is 5.41 Å². The molecule has 1 N–H and O–H groups in total. The summed E-state index contributed by atoms with van der Waals surface area (Å²) in [5.41, 5.74) is -0.304. The molecule has 0 aromatic rings. The van der Waals surface area contributed by atoms with E-state index in [0.29, 0.717) is 26.3 Å². The second-order valence-electron chi connectivity index (χ2n) is 7.47. The van der Waals surface area contributed by atoms with Crippen LogP contribution in [0.1, 0.15) is 41.5 Å². The number of amides is 1. The first-order valence-corrected chi connectivity index (χ1v) is 7.69. The Hall–Kier alpha value is -0.650. The fraction of sp³-hybridized carbons (Fsp3) is 0.938. The Morgan fingerprint density at radius 3 is 2.00 bits per heavy atom. The van der Waals surface area contributed by atoms with Crippen molar-refractivity contribution in [1.29, 1.82) is 0 Å². The van der Waals surface area contributed by atoms with Crippen LogP contribution in [0.5, 0.6) is 0 Å². The first-order valence-electron chi connectivity index (χ1n) is 7.69. The van der Waals surface area contributed by atoms with E-state index in [0.717, 1.165) is 6.54 Å². The van der Waals surface area contributed by atoms with E-state index in [4.69, 9.17) is 9.84 Å². The van der Waals surface area contributed by atoms with Crippen LogP contribution in [0.2, 0.25) is 0 Å². The molecule has 5 heteroatoms. The van der Waals surface area contributed by atoms with Crippen molar-refractivity contribution in [3.8, 4) is 0 Å². The summed E-state index contributed by atoms with van der Waals surface area (Å²) in [6.45, 7) is 15.2. The third-order valence-electron chi connectivity index (χ3n) is 3.52. The molecular weight excluding hydrogens is 268 g/mol. The van der Waals surface area contributed by atoms with Crippen molar-refractivity contribution in [1.82, 2.24) is 9.80 Å². The van der Waals surface area contributed by atoms with Crippen molar-refractivity contribution in [2.75, 3.05) is 46.5 Å². The summed E-state index contributed by atoms with van der Waals surface area (Å²) in [6.07, 6.45) is 0. The van der Waals surface area contributed by atoms with Gasteiger partial charge in [-0.1, -0.05) is 20.8 Å². The quantitative estimate of drug-likeness (QED) is 0.692. The molecule has 0 rings (SSSR count). The fourth-order valence-electron chi connectivity index (χ4n) is 1.74. The molecule has 0 aliphatic heterocycles. The van der Waals surface area contributed by atoms with E-state index < -0.39 is 5.41 Å². The monoisotopic (exact) mass is 302 g/mol. The van der Waals surface area contributed by atoms with Crippen molar-refractivity contribution in [2.24, 2.45) is 5.41 Å². The largest absolute Gasteiger partial charge is 0.394 e. The third kappa shape index (κ3) is 8.39. The van der Waals surface area contributed by atoms with Crippen molar-refractivity contribution in [3.05, 3.63) is 0 Å². The summed E-state index contributed by atoms with van der Waals surface area (Å²) < 4.78 is 5.29. The molecule has 0 aromatic carbocycles. The number of aliphatic hydroxyl groups is 1. The number of carbonyl (C=O) groups excluding carboxylic acids is 1. The van der Waals surface area contributed by atoms with Crippen LogP contribution in [0.25, 0.3) is 0 Å². The highest BCUT2D eigenvalue weighted by molar-refractivity contribution is 5.81. The highest BCUT2D eigenvalue weighted by Gasteiger charge is 2.27. The number of hydrogen-bond donors (Lipinski definition) is 1. The highest BCUT2D eigenvalue weighted by atomic mass is 16.5. The zero-order valence-electron chi connectivity index (χ0n) is 14.9. The number of carbonyl (C=O) groups is 1. The maximum Gasteiger partial charge on any atom is 0.228 e. The highest BCUT2D eigenvalue weighted by Crippen LogP contribution is 2.18. The number of ether oxygens (including phenoxy) is 1. The van der Waals surface area contributed by atoms with Crippen LogP contribution < -0.4 is 0 Å². The van der Waals surface area contributed by atoms with Crippen LogP contribution in [-0.4, -0.2) is 72.9 Å². The average molecular weight is 302 g/mol. The Kier molecular flexibility index (Phi) is 8.44. The number of hydrogen-bond acceptors (Lipinski definition) is 4. The Bertz CT molecular complexity index is 306. The lowest BCUT2D eigenvalue weighted by atomic mass is 9.94. The van der Waals surface area contributed by atoms with Gasteiger partial charge in [0.15, 0.2) is 0 Å². The lowest BCUT2D eigenvalue weighted by Crippen LogP contribution is -2.47. The van der Waals surface area contributed by atoms with Gasteiger partial charge in [0.05, 0.1) is 19.8 Å². The van der Waals surface area contributed by atoms with E-state index in [2.05, 4.69) is 32.7 Å². The van der Waals surface area contributed by atoms with Crippen LogP contribution in [0.3, 0.4) is 0 Å². The summed E-state index contributed by atoms with van der Waals surface area (Å²) >= 11 is 0. The van der Waals surface area contributed by atoms with E-state index in [9.17, 15) is 4.79 Å². The Balaban J connectivity index is 4.55. The van der Waals surface area contributed by atoms with E-state index in [1.807, 2.05) is 25.7 Å². The molecule has 21 heavy (non-hydrogen) atoms. The minimum Gasteiger partial charge on any atom is -0.394 e. The molecule has 0 bridgehead atoms. The van der Waals surface area contributed by atoms with Crippen molar-refractivity contribution in [3.63, 3.8) is 0 Å².